The van der Waals surface area contributed by atoms with Gasteiger partial charge in [0.05, 0.1) is 6.54 Å². The molecule has 0 rings (SSSR count). The van der Waals surface area contributed by atoms with Crippen LogP contribution in [-0.2, 0) is 0 Å². The summed E-state index contributed by atoms with van der Waals surface area (Å²) in [5.41, 5.74) is 0. The zero-order valence-corrected chi connectivity index (χ0v) is 10.8. The Kier molecular flexibility index (Phi) is 7.04. The molecule has 0 aromatic rings. The molecule has 0 amide bonds. The highest BCUT2D eigenvalue weighted by molar-refractivity contribution is 4.65. The minimum Gasteiger partial charge on any atom is -0.295 e. The lowest BCUT2D eigenvalue weighted by Crippen LogP contribution is -2.36. The Morgan fingerprint density at radius 1 is 0.875 bits per heavy atom. The van der Waals surface area contributed by atoms with Crippen LogP contribution in [-0.4, -0.2) is 30.7 Å². The van der Waals surface area contributed by atoms with Gasteiger partial charge >= 0.3 is 6.18 Å². The lowest BCUT2D eigenvalue weighted by Gasteiger charge is -2.25. The van der Waals surface area contributed by atoms with Crippen LogP contribution in [0, 0.1) is 11.8 Å². The fourth-order valence-electron chi connectivity index (χ4n) is 1.41. The second-order valence-corrected chi connectivity index (χ2v) is 5.26. The lowest BCUT2D eigenvalue weighted by atomic mass is 10.1. The van der Waals surface area contributed by atoms with Crippen LogP contribution in [0.25, 0.3) is 0 Å². The number of rotatable bonds is 7. The number of nitrogens with zero attached hydrogens (tertiary/aromatic N) is 1. The van der Waals surface area contributed by atoms with Gasteiger partial charge in [-0.1, -0.05) is 27.7 Å². The summed E-state index contributed by atoms with van der Waals surface area (Å²) >= 11 is 0. The molecule has 0 unspecified atom stereocenters. The minimum atomic E-state index is -4.08. The first-order valence-corrected chi connectivity index (χ1v) is 6.00. The summed E-state index contributed by atoms with van der Waals surface area (Å²) in [6.07, 6.45) is -2.42. The Labute approximate surface area is 97.0 Å². The molecule has 98 valence electrons. The Morgan fingerprint density at radius 3 is 1.50 bits per heavy atom. The number of halogens is 3. The van der Waals surface area contributed by atoms with E-state index in [0.29, 0.717) is 24.9 Å². The largest absolute Gasteiger partial charge is 0.401 e. The molecular formula is C12H24F3N. The average Bonchev–Trinajstić information content (AvgIpc) is 2.07. The van der Waals surface area contributed by atoms with E-state index in [4.69, 9.17) is 0 Å². The van der Waals surface area contributed by atoms with Crippen LogP contribution in [0.2, 0.25) is 0 Å². The van der Waals surface area contributed by atoms with Gasteiger partial charge in [-0.3, -0.25) is 4.90 Å². The van der Waals surface area contributed by atoms with E-state index in [9.17, 15) is 13.2 Å². The number of hydrogen-bond acceptors (Lipinski definition) is 1. The van der Waals surface area contributed by atoms with E-state index in [1.165, 1.54) is 4.90 Å². The summed E-state index contributed by atoms with van der Waals surface area (Å²) in [4.78, 5) is 1.53. The molecular weight excluding hydrogens is 215 g/mol. The van der Waals surface area contributed by atoms with Crippen LogP contribution in [0.3, 0.4) is 0 Å². The molecule has 0 spiro atoms. The Morgan fingerprint density at radius 2 is 1.25 bits per heavy atom. The van der Waals surface area contributed by atoms with Crippen molar-refractivity contribution in [3.8, 4) is 0 Å². The molecule has 0 saturated carbocycles. The van der Waals surface area contributed by atoms with Crippen molar-refractivity contribution in [3.05, 3.63) is 0 Å². The molecule has 0 atom stereocenters. The highest BCUT2D eigenvalue weighted by atomic mass is 19.4. The van der Waals surface area contributed by atoms with Gasteiger partial charge in [-0.2, -0.15) is 13.2 Å². The van der Waals surface area contributed by atoms with E-state index >= 15 is 0 Å². The molecule has 1 nitrogen and oxygen atoms in total. The highest BCUT2D eigenvalue weighted by Gasteiger charge is 2.30. The molecule has 0 radical (unpaired) electrons. The fraction of sp³-hybridized carbons (Fsp3) is 1.00. The molecule has 0 aromatic carbocycles. The Bertz CT molecular complexity index is 164. The predicted molar refractivity (Wildman–Crippen MR) is 61.4 cm³/mol. The summed E-state index contributed by atoms with van der Waals surface area (Å²) in [5.74, 6) is 0.907. The van der Waals surface area contributed by atoms with Gasteiger partial charge in [0.15, 0.2) is 0 Å². The van der Waals surface area contributed by atoms with Crippen LogP contribution in [0.15, 0.2) is 0 Å². The zero-order valence-electron chi connectivity index (χ0n) is 10.8. The maximum absolute atomic E-state index is 12.3. The van der Waals surface area contributed by atoms with Crippen LogP contribution in [0.4, 0.5) is 13.2 Å². The van der Waals surface area contributed by atoms with Crippen molar-refractivity contribution in [2.24, 2.45) is 11.8 Å². The van der Waals surface area contributed by atoms with Crippen molar-refractivity contribution < 1.29 is 13.2 Å². The summed E-state index contributed by atoms with van der Waals surface area (Å²) < 4.78 is 36.9. The summed E-state index contributed by atoms with van der Waals surface area (Å²) in [7, 11) is 0. The monoisotopic (exact) mass is 239 g/mol. The molecule has 0 bridgehead atoms. The molecule has 0 aliphatic rings. The van der Waals surface area contributed by atoms with Crippen LogP contribution < -0.4 is 0 Å². The zero-order chi connectivity index (χ0) is 12.8. The average molecular weight is 239 g/mol. The molecule has 4 heteroatoms. The first-order valence-electron chi connectivity index (χ1n) is 6.00. The lowest BCUT2D eigenvalue weighted by molar-refractivity contribution is -0.146. The molecule has 0 aliphatic carbocycles. The van der Waals surface area contributed by atoms with Gasteiger partial charge in [0, 0.05) is 0 Å². The second kappa shape index (κ2) is 7.15. The third kappa shape index (κ3) is 10.3. The molecule has 0 heterocycles. The van der Waals surface area contributed by atoms with Crippen molar-refractivity contribution in [3.63, 3.8) is 0 Å². The van der Waals surface area contributed by atoms with E-state index in [2.05, 4.69) is 0 Å². The summed E-state index contributed by atoms with van der Waals surface area (Å²) in [5, 5.41) is 0. The van der Waals surface area contributed by atoms with Crippen LogP contribution in [0.1, 0.15) is 40.5 Å². The molecule has 0 saturated heterocycles. The normalized spacial score (nSPS) is 13.1. The van der Waals surface area contributed by atoms with Crippen molar-refractivity contribution in [2.75, 3.05) is 19.6 Å². The van der Waals surface area contributed by atoms with E-state index < -0.39 is 12.7 Å². The second-order valence-electron chi connectivity index (χ2n) is 5.26. The third-order valence-corrected chi connectivity index (χ3v) is 2.45. The smallest absolute Gasteiger partial charge is 0.295 e. The summed E-state index contributed by atoms with van der Waals surface area (Å²) in [6, 6.07) is 0. The summed E-state index contributed by atoms with van der Waals surface area (Å²) in [6.45, 7) is 8.46. The number of hydrogen-bond donors (Lipinski definition) is 0. The van der Waals surface area contributed by atoms with Crippen molar-refractivity contribution in [2.45, 2.75) is 46.7 Å². The van der Waals surface area contributed by atoms with Crippen LogP contribution in [0.5, 0.6) is 0 Å². The van der Waals surface area contributed by atoms with E-state index in [0.717, 1.165) is 12.8 Å². The first kappa shape index (κ1) is 15.8. The van der Waals surface area contributed by atoms with Gasteiger partial charge in [-0.15, -0.1) is 0 Å². The molecule has 0 N–H and O–H groups in total. The SMILES string of the molecule is CC(C)CCN(CCC(C)C)CC(F)(F)F. The molecule has 16 heavy (non-hydrogen) atoms. The van der Waals surface area contributed by atoms with Crippen molar-refractivity contribution >= 4 is 0 Å². The van der Waals surface area contributed by atoms with E-state index in [1.807, 2.05) is 27.7 Å². The molecule has 0 aromatic heterocycles. The maximum Gasteiger partial charge on any atom is 0.401 e. The topological polar surface area (TPSA) is 3.24 Å². The Hall–Kier alpha value is -0.250. The quantitative estimate of drug-likeness (QED) is 0.650. The number of alkyl halides is 3. The van der Waals surface area contributed by atoms with Crippen molar-refractivity contribution in [1.82, 2.24) is 4.90 Å². The van der Waals surface area contributed by atoms with E-state index in [1.54, 1.807) is 0 Å². The van der Waals surface area contributed by atoms with Gasteiger partial charge in [-0.25, -0.2) is 0 Å². The van der Waals surface area contributed by atoms with Gasteiger partial charge in [0.25, 0.3) is 0 Å². The van der Waals surface area contributed by atoms with Crippen molar-refractivity contribution in [1.29, 1.82) is 0 Å². The van der Waals surface area contributed by atoms with E-state index in [-0.39, 0.29) is 0 Å². The standard InChI is InChI=1S/C12H24F3N/c1-10(2)5-7-16(8-6-11(3)4)9-12(13,14)15/h10-11H,5-9H2,1-4H3. The fourth-order valence-corrected chi connectivity index (χ4v) is 1.41. The van der Waals surface area contributed by atoms with Gasteiger partial charge in [0.2, 0.25) is 0 Å². The van der Waals surface area contributed by atoms with Gasteiger partial charge in [-0.05, 0) is 37.8 Å². The Balaban J connectivity index is 4.05. The molecule has 0 aliphatic heterocycles. The maximum atomic E-state index is 12.3. The minimum absolute atomic E-state index is 0.454. The first-order chi connectivity index (χ1) is 7.20. The van der Waals surface area contributed by atoms with Crippen LogP contribution >= 0.6 is 0 Å². The third-order valence-electron chi connectivity index (χ3n) is 2.45. The highest BCUT2D eigenvalue weighted by Crippen LogP contribution is 2.18. The van der Waals surface area contributed by atoms with Gasteiger partial charge < -0.3 is 0 Å². The molecule has 0 fully saturated rings. The predicted octanol–water partition coefficient (Wildman–Crippen LogP) is 3.94. The van der Waals surface area contributed by atoms with Gasteiger partial charge in [0.1, 0.15) is 0 Å².